The number of benzene rings is 2. The topological polar surface area (TPSA) is 102 Å². The van der Waals surface area contributed by atoms with E-state index in [0.29, 0.717) is 60.9 Å². The van der Waals surface area contributed by atoms with Crippen molar-refractivity contribution in [3.63, 3.8) is 0 Å². The highest BCUT2D eigenvalue weighted by Crippen LogP contribution is 2.32. The number of carboxylic acids is 1. The minimum absolute atomic E-state index is 0.0281. The number of ether oxygens (including phenoxy) is 3. The number of phenols is 1. The zero-order valence-electron chi connectivity index (χ0n) is 17.6. The molecule has 162 valence electrons. The summed E-state index contributed by atoms with van der Waals surface area (Å²) in [5, 5.41) is 19.4. The molecule has 0 spiro atoms. The van der Waals surface area contributed by atoms with E-state index in [0.717, 1.165) is 6.42 Å². The summed E-state index contributed by atoms with van der Waals surface area (Å²) >= 11 is 0. The molecule has 0 atom stereocenters. The summed E-state index contributed by atoms with van der Waals surface area (Å²) in [6, 6.07) is 7.76. The Labute approximate surface area is 176 Å². The van der Waals surface area contributed by atoms with Gasteiger partial charge < -0.3 is 24.4 Å². The molecule has 7 nitrogen and oxygen atoms in total. The van der Waals surface area contributed by atoms with Crippen LogP contribution in [0.5, 0.6) is 23.0 Å². The van der Waals surface area contributed by atoms with Gasteiger partial charge in [-0.3, -0.25) is 4.79 Å². The molecular formula is C23H28O7. The number of rotatable bonds is 12. The average molecular weight is 416 g/mol. The van der Waals surface area contributed by atoms with Gasteiger partial charge in [-0.05, 0) is 56.5 Å². The van der Waals surface area contributed by atoms with Crippen LogP contribution in [-0.4, -0.2) is 42.3 Å². The van der Waals surface area contributed by atoms with E-state index in [4.69, 9.17) is 19.3 Å². The third kappa shape index (κ3) is 5.89. The number of carbonyl (C=O) groups excluding carboxylic acids is 1. The van der Waals surface area contributed by atoms with E-state index >= 15 is 0 Å². The molecule has 2 aromatic rings. The maximum atomic E-state index is 12.0. The van der Waals surface area contributed by atoms with Crippen molar-refractivity contribution in [2.24, 2.45) is 0 Å². The van der Waals surface area contributed by atoms with Crippen molar-refractivity contribution in [3.05, 3.63) is 47.0 Å². The first-order valence-corrected chi connectivity index (χ1v) is 9.91. The Morgan fingerprint density at radius 1 is 0.967 bits per heavy atom. The third-order valence-corrected chi connectivity index (χ3v) is 4.62. The molecule has 0 bridgehead atoms. The molecule has 7 heteroatoms. The first-order valence-electron chi connectivity index (χ1n) is 9.91. The second-order valence-electron chi connectivity index (χ2n) is 6.83. The molecule has 0 aliphatic rings. The fourth-order valence-corrected chi connectivity index (χ4v) is 2.92. The van der Waals surface area contributed by atoms with Gasteiger partial charge in [0.2, 0.25) is 0 Å². The van der Waals surface area contributed by atoms with E-state index < -0.39 is 5.97 Å². The van der Waals surface area contributed by atoms with Crippen molar-refractivity contribution in [1.82, 2.24) is 0 Å². The van der Waals surface area contributed by atoms with Crippen molar-refractivity contribution in [2.75, 3.05) is 20.3 Å². The number of carboxylic acid groups (broad SMARTS) is 1. The standard InChI is InChI=1S/C23H28O7/c1-4-7-18(24)17-9-11-19(15(2)22(17)25)29-12-5-6-13-30-21-14-16(23(26)27)8-10-20(21)28-3/h8-11,14,25H,4-7,12-13H2,1-3H3,(H,26,27). The minimum Gasteiger partial charge on any atom is -0.507 e. The number of hydrogen-bond donors (Lipinski definition) is 2. The van der Waals surface area contributed by atoms with Crippen LogP contribution in [-0.2, 0) is 0 Å². The number of carbonyl (C=O) groups is 2. The van der Waals surface area contributed by atoms with Crippen LogP contribution in [0.1, 0.15) is 58.9 Å². The van der Waals surface area contributed by atoms with Crippen molar-refractivity contribution >= 4 is 11.8 Å². The number of Topliss-reactive ketones (excluding diaryl/α,β-unsaturated/α-hetero) is 1. The molecule has 0 aliphatic carbocycles. The van der Waals surface area contributed by atoms with E-state index in [1.165, 1.54) is 19.2 Å². The highest BCUT2D eigenvalue weighted by atomic mass is 16.5. The lowest BCUT2D eigenvalue weighted by molar-refractivity contribution is 0.0696. The van der Waals surface area contributed by atoms with Crippen molar-refractivity contribution < 1.29 is 34.0 Å². The van der Waals surface area contributed by atoms with Crippen LogP contribution >= 0.6 is 0 Å². The molecule has 0 aliphatic heterocycles. The number of ketones is 1. The summed E-state index contributed by atoms with van der Waals surface area (Å²) < 4.78 is 16.6. The summed E-state index contributed by atoms with van der Waals surface area (Å²) in [6.07, 6.45) is 2.49. The van der Waals surface area contributed by atoms with Crippen LogP contribution in [0.3, 0.4) is 0 Å². The zero-order valence-corrected chi connectivity index (χ0v) is 17.6. The fraction of sp³-hybridized carbons (Fsp3) is 0.391. The lowest BCUT2D eigenvalue weighted by Crippen LogP contribution is -2.06. The van der Waals surface area contributed by atoms with Gasteiger partial charge in [-0.15, -0.1) is 0 Å². The molecule has 0 fully saturated rings. The number of unbranched alkanes of at least 4 members (excludes halogenated alkanes) is 1. The highest BCUT2D eigenvalue weighted by molar-refractivity contribution is 5.99. The molecule has 0 unspecified atom stereocenters. The maximum Gasteiger partial charge on any atom is 0.335 e. The van der Waals surface area contributed by atoms with Crippen LogP contribution in [0.15, 0.2) is 30.3 Å². The largest absolute Gasteiger partial charge is 0.507 e. The number of methoxy groups -OCH3 is 1. The molecular weight excluding hydrogens is 388 g/mol. The van der Waals surface area contributed by atoms with E-state index in [2.05, 4.69) is 0 Å². The monoisotopic (exact) mass is 416 g/mol. The summed E-state index contributed by atoms with van der Waals surface area (Å²) in [6.45, 7) is 4.43. The summed E-state index contributed by atoms with van der Waals surface area (Å²) in [7, 11) is 1.50. The first kappa shape index (κ1) is 23.1. The average Bonchev–Trinajstić information content (AvgIpc) is 2.73. The van der Waals surface area contributed by atoms with Crippen molar-refractivity contribution in [1.29, 1.82) is 0 Å². The molecule has 0 aromatic heterocycles. The molecule has 2 N–H and O–H groups in total. The Hall–Kier alpha value is -3.22. The van der Waals surface area contributed by atoms with Crippen LogP contribution in [0.25, 0.3) is 0 Å². The zero-order chi connectivity index (χ0) is 22.1. The normalized spacial score (nSPS) is 10.5. The van der Waals surface area contributed by atoms with Gasteiger partial charge in [0, 0.05) is 12.0 Å². The second-order valence-corrected chi connectivity index (χ2v) is 6.83. The van der Waals surface area contributed by atoms with Gasteiger partial charge in [-0.25, -0.2) is 4.79 Å². The van der Waals surface area contributed by atoms with Gasteiger partial charge in [0.25, 0.3) is 0 Å². The lowest BCUT2D eigenvalue weighted by Gasteiger charge is -2.13. The van der Waals surface area contributed by atoms with E-state index in [-0.39, 0.29) is 17.1 Å². The van der Waals surface area contributed by atoms with E-state index in [9.17, 15) is 14.7 Å². The SMILES string of the molecule is CCCC(=O)c1ccc(OCCCCOc2cc(C(=O)O)ccc2OC)c(C)c1O. The Bertz CT molecular complexity index is 889. The smallest absolute Gasteiger partial charge is 0.335 e. The van der Waals surface area contributed by atoms with E-state index in [1.807, 2.05) is 6.92 Å². The molecule has 0 saturated carbocycles. The van der Waals surface area contributed by atoms with Crippen molar-refractivity contribution in [2.45, 2.75) is 39.5 Å². The van der Waals surface area contributed by atoms with Crippen LogP contribution in [0, 0.1) is 6.92 Å². The molecule has 30 heavy (non-hydrogen) atoms. The number of hydrogen-bond acceptors (Lipinski definition) is 6. The molecule has 0 amide bonds. The number of aromatic carboxylic acids is 1. The first-order chi connectivity index (χ1) is 14.4. The highest BCUT2D eigenvalue weighted by Gasteiger charge is 2.15. The quantitative estimate of drug-likeness (QED) is 0.384. The molecule has 2 aromatic carbocycles. The summed E-state index contributed by atoms with van der Waals surface area (Å²) in [5.74, 6) is 0.254. The third-order valence-electron chi connectivity index (χ3n) is 4.62. The van der Waals surface area contributed by atoms with Gasteiger partial charge in [0.1, 0.15) is 11.5 Å². The van der Waals surface area contributed by atoms with Gasteiger partial charge in [-0.2, -0.15) is 0 Å². The second kappa shape index (κ2) is 11.1. The number of aromatic hydroxyl groups is 1. The Morgan fingerprint density at radius 2 is 1.60 bits per heavy atom. The van der Waals surface area contributed by atoms with Crippen LogP contribution in [0.2, 0.25) is 0 Å². The van der Waals surface area contributed by atoms with Crippen molar-refractivity contribution in [3.8, 4) is 23.0 Å². The van der Waals surface area contributed by atoms with Gasteiger partial charge in [-0.1, -0.05) is 6.92 Å². The van der Waals surface area contributed by atoms with Crippen LogP contribution < -0.4 is 14.2 Å². The Kier molecular flexibility index (Phi) is 8.53. The predicted octanol–water partition coefficient (Wildman–Crippen LogP) is 4.63. The summed E-state index contributed by atoms with van der Waals surface area (Å²) in [4.78, 5) is 23.1. The van der Waals surface area contributed by atoms with Gasteiger partial charge in [0.15, 0.2) is 17.3 Å². The fourth-order valence-electron chi connectivity index (χ4n) is 2.92. The molecule has 0 radical (unpaired) electrons. The van der Waals surface area contributed by atoms with Crippen LogP contribution in [0.4, 0.5) is 0 Å². The Morgan fingerprint density at radius 3 is 2.20 bits per heavy atom. The van der Waals surface area contributed by atoms with E-state index in [1.54, 1.807) is 25.1 Å². The molecule has 0 heterocycles. The summed E-state index contributed by atoms with van der Waals surface area (Å²) in [5.41, 5.74) is 1.00. The molecule has 2 rings (SSSR count). The maximum absolute atomic E-state index is 12.0. The lowest BCUT2D eigenvalue weighted by atomic mass is 10.0. The van der Waals surface area contributed by atoms with Gasteiger partial charge >= 0.3 is 5.97 Å². The molecule has 0 saturated heterocycles. The predicted molar refractivity (Wildman–Crippen MR) is 112 cm³/mol. The minimum atomic E-state index is -1.03. The number of phenolic OH excluding ortho intramolecular Hbond substituents is 1. The Balaban J connectivity index is 1.84. The van der Waals surface area contributed by atoms with Gasteiger partial charge in [0.05, 0.1) is 31.5 Å².